The van der Waals surface area contributed by atoms with Gasteiger partial charge in [-0.1, -0.05) is 18.6 Å². The van der Waals surface area contributed by atoms with Gasteiger partial charge in [-0.3, -0.25) is 9.59 Å². The number of likely N-dealkylation sites (N-methyl/N-ethyl adjacent to an activating group) is 1. The van der Waals surface area contributed by atoms with Gasteiger partial charge in [0.2, 0.25) is 0 Å². The molecule has 5 aliphatic carbocycles. The average Bonchev–Trinajstić information content (AvgIpc) is 3.52. The summed E-state index contributed by atoms with van der Waals surface area (Å²) >= 11 is 0. The molecule has 220 valence electrons. The first-order chi connectivity index (χ1) is 20.4. The van der Waals surface area contributed by atoms with Crippen LogP contribution in [0.15, 0.2) is 24.3 Å². The van der Waals surface area contributed by atoms with Gasteiger partial charge in [-0.15, -0.1) is 0 Å². The number of benzene rings is 2. The van der Waals surface area contributed by atoms with Crippen LogP contribution in [0.1, 0.15) is 73.6 Å². The van der Waals surface area contributed by atoms with E-state index in [2.05, 4.69) is 18.0 Å². The lowest BCUT2D eigenvalue weighted by Crippen LogP contribution is -2.65. The molecular weight excluding hydrogens is 530 g/mol. The second kappa shape index (κ2) is 8.52. The third-order valence-corrected chi connectivity index (χ3v) is 12.9. The van der Waals surface area contributed by atoms with Crippen LogP contribution >= 0.6 is 0 Å². The fourth-order valence-corrected chi connectivity index (χ4v) is 11.3. The number of rotatable bonds is 1. The van der Waals surface area contributed by atoms with Gasteiger partial charge in [0.1, 0.15) is 0 Å². The minimum atomic E-state index is -0.366. The van der Waals surface area contributed by atoms with Gasteiger partial charge in [-0.05, 0) is 99.6 Å². The summed E-state index contributed by atoms with van der Waals surface area (Å²) in [5, 5.41) is 10.2. The molecule has 4 fully saturated rings. The molecule has 7 heteroatoms. The number of hydrogen-bond donors (Lipinski definition) is 1. The van der Waals surface area contributed by atoms with Crippen molar-refractivity contribution in [3.63, 3.8) is 0 Å². The Hall–Kier alpha value is -3.06. The van der Waals surface area contributed by atoms with Crippen LogP contribution in [0.25, 0.3) is 0 Å². The average molecular weight is 570 g/mol. The van der Waals surface area contributed by atoms with E-state index in [1.807, 2.05) is 12.1 Å². The van der Waals surface area contributed by atoms with E-state index < -0.39 is 0 Å². The molecule has 1 N–H and O–H groups in total. The minimum absolute atomic E-state index is 0.0320. The first-order valence-corrected chi connectivity index (χ1v) is 16.0. The number of methoxy groups -OCH3 is 1. The summed E-state index contributed by atoms with van der Waals surface area (Å²) in [7, 11) is 3.89. The largest absolute Gasteiger partial charge is 0.504 e. The summed E-state index contributed by atoms with van der Waals surface area (Å²) in [6.45, 7) is 1.00. The van der Waals surface area contributed by atoms with Crippen LogP contribution in [0, 0.1) is 17.8 Å². The molecular formula is C35H39NO6. The second-order valence-electron chi connectivity index (χ2n) is 14.2. The number of Topliss-reactive ketones (excluding diaryl/α,β-unsaturated/α-hetero) is 2. The molecule has 10 rings (SSSR count). The Balaban J connectivity index is 0.000000119. The third-order valence-electron chi connectivity index (χ3n) is 12.9. The van der Waals surface area contributed by atoms with Crippen LogP contribution in [0.4, 0.5) is 0 Å². The summed E-state index contributed by atoms with van der Waals surface area (Å²) in [4.78, 5) is 27.5. The monoisotopic (exact) mass is 569 g/mol. The predicted octanol–water partition coefficient (Wildman–Crippen LogP) is 4.66. The lowest BCUT2D eigenvalue weighted by Gasteiger charge is -2.57. The molecule has 8 atom stereocenters. The zero-order chi connectivity index (χ0) is 28.5. The van der Waals surface area contributed by atoms with Gasteiger partial charge in [0.05, 0.1) is 7.11 Å². The van der Waals surface area contributed by atoms with Crippen LogP contribution in [0.5, 0.6) is 23.0 Å². The van der Waals surface area contributed by atoms with Crippen molar-refractivity contribution in [3.05, 3.63) is 46.5 Å². The van der Waals surface area contributed by atoms with Crippen molar-refractivity contribution in [2.45, 2.75) is 93.3 Å². The second-order valence-corrected chi connectivity index (χ2v) is 14.2. The number of carbonyl (C=O) groups excluding carboxylic acids is 2. The molecule has 2 spiro atoms. The molecule has 7 nitrogen and oxygen atoms in total. The highest BCUT2D eigenvalue weighted by Gasteiger charge is 2.66. The van der Waals surface area contributed by atoms with Crippen molar-refractivity contribution in [2.75, 3.05) is 20.7 Å². The van der Waals surface area contributed by atoms with Gasteiger partial charge in [0, 0.05) is 40.8 Å². The van der Waals surface area contributed by atoms with Gasteiger partial charge in [0.25, 0.3) is 0 Å². The van der Waals surface area contributed by atoms with Crippen molar-refractivity contribution in [2.24, 2.45) is 17.8 Å². The Morgan fingerprint density at radius 3 is 2.31 bits per heavy atom. The molecule has 0 amide bonds. The normalized spacial score (nSPS) is 39.3. The highest BCUT2D eigenvalue weighted by atomic mass is 16.5. The minimum Gasteiger partial charge on any atom is -0.504 e. The number of aromatic hydroxyl groups is 1. The molecule has 42 heavy (non-hydrogen) atoms. The van der Waals surface area contributed by atoms with Gasteiger partial charge < -0.3 is 24.2 Å². The Morgan fingerprint density at radius 1 is 0.857 bits per heavy atom. The van der Waals surface area contributed by atoms with Crippen molar-refractivity contribution in [1.29, 1.82) is 0 Å². The molecule has 1 saturated heterocycles. The summed E-state index contributed by atoms with van der Waals surface area (Å²) in [5.41, 5.74) is 4.97. The lowest BCUT2D eigenvalue weighted by molar-refractivity contribution is -0.138. The van der Waals surface area contributed by atoms with Crippen LogP contribution in [-0.2, 0) is 33.3 Å². The number of piperidine rings is 1. The van der Waals surface area contributed by atoms with E-state index in [-0.39, 0.29) is 34.6 Å². The van der Waals surface area contributed by atoms with Crippen LogP contribution in [-0.4, -0.2) is 60.5 Å². The van der Waals surface area contributed by atoms with Crippen molar-refractivity contribution in [1.82, 2.24) is 4.90 Å². The maximum atomic E-state index is 12.6. The number of nitrogens with zero attached hydrogens (tertiary/aromatic N) is 1. The number of hydrogen-bond acceptors (Lipinski definition) is 7. The standard InChI is InChI=1S/C18H20O3.C17H19NO3/c1-20-14-7-4-11-9-10-3-2-8-18-12(10)5-6-13(19)17(18)21-16(14)15(11)18;1-18-7-6-17-10-3-5-13(20)16(17)21-15-12(19)4-2-9(14(15)17)8-11(10)18/h4,7,10,12,17H,2-3,5-6,8-9H2,1H3;2,4,10-11,16,19H,3,5-8H2,1H3/t10-,12?,17+,18+;10?,11-,16+,17+/m11/s1. The number of ketones is 2. The van der Waals surface area contributed by atoms with E-state index in [4.69, 9.17) is 14.2 Å². The highest BCUT2D eigenvalue weighted by Crippen LogP contribution is 2.66. The molecule has 2 aromatic rings. The van der Waals surface area contributed by atoms with E-state index >= 15 is 0 Å². The molecule has 2 unspecified atom stereocenters. The van der Waals surface area contributed by atoms with Gasteiger partial charge >= 0.3 is 0 Å². The van der Waals surface area contributed by atoms with Crippen LogP contribution in [0.3, 0.4) is 0 Å². The molecule has 0 radical (unpaired) electrons. The highest BCUT2D eigenvalue weighted by molar-refractivity contribution is 5.90. The van der Waals surface area contributed by atoms with E-state index in [0.29, 0.717) is 42.3 Å². The van der Waals surface area contributed by atoms with E-state index in [1.165, 1.54) is 29.5 Å². The van der Waals surface area contributed by atoms with E-state index in [0.717, 1.165) is 68.1 Å². The van der Waals surface area contributed by atoms with Crippen LogP contribution in [0.2, 0.25) is 0 Å². The summed E-state index contributed by atoms with van der Waals surface area (Å²) in [5.74, 6) is 4.85. The fourth-order valence-electron chi connectivity index (χ4n) is 11.3. The number of phenolic OH excluding ortho intramolecular Hbond substituents is 1. The zero-order valence-electron chi connectivity index (χ0n) is 24.5. The van der Waals surface area contributed by atoms with Gasteiger partial charge in [-0.2, -0.15) is 0 Å². The quantitative estimate of drug-likeness (QED) is 0.535. The number of phenols is 1. The zero-order valence-corrected chi connectivity index (χ0v) is 24.5. The summed E-state index contributed by atoms with van der Waals surface area (Å²) < 4.78 is 17.8. The first kappa shape index (κ1) is 25.4. The first-order valence-electron chi connectivity index (χ1n) is 16.0. The predicted molar refractivity (Wildman–Crippen MR) is 155 cm³/mol. The molecule has 8 aliphatic rings. The number of ether oxygens (including phenoxy) is 3. The molecule has 3 heterocycles. The summed E-state index contributed by atoms with van der Waals surface area (Å²) in [6, 6.07) is 8.48. The molecule has 3 saturated carbocycles. The van der Waals surface area contributed by atoms with Crippen molar-refractivity contribution >= 4 is 11.6 Å². The summed E-state index contributed by atoms with van der Waals surface area (Å²) in [6.07, 6.45) is 9.49. The number of likely N-dealkylation sites (tertiary alicyclic amines) is 1. The Morgan fingerprint density at radius 2 is 1.52 bits per heavy atom. The Kier molecular flexibility index (Phi) is 5.16. The van der Waals surface area contributed by atoms with Crippen molar-refractivity contribution < 1.29 is 28.9 Å². The van der Waals surface area contributed by atoms with Crippen molar-refractivity contribution in [3.8, 4) is 23.0 Å². The lowest BCUT2D eigenvalue weighted by atomic mass is 9.48. The van der Waals surface area contributed by atoms with E-state index in [9.17, 15) is 14.7 Å². The SMILES string of the molecule is CN1CC[C@]23c4c5ccc(O)c4O[C@H]2C(=O)CCC3[C@H]1C5.COc1ccc2c3c1O[C@H]1C(=O)CCC4[C@H](CCC[C@@]341)C2. The fraction of sp³-hybridized carbons (Fsp3) is 0.600. The number of carbonyl (C=O) groups is 2. The molecule has 4 bridgehead atoms. The molecule has 3 aliphatic heterocycles. The Bertz CT molecular complexity index is 1550. The van der Waals surface area contributed by atoms with Gasteiger partial charge in [0.15, 0.2) is 46.8 Å². The molecule has 2 aromatic carbocycles. The maximum Gasteiger partial charge on any atom is 0.174 e. The van der Waals surface area contributed by atoms with Crippen LogP contribution < -0.4 is 14.2 Å². The third kappa shape index (κ3) is 2.92. The van der Waals surface area contributed by atoms with Gasteiger partial charge in [-0.25, -0.2) is 0 Å². The maximum absolute atomic E-state index is 12.6. The van der Waals surface area contributed by atoms with E-state index in [1.54, 1.807) is 13.2 Å². The smallest absolute Gasteiger partial charge is 0.174 e. The molecule has 0 aromatic heterocycles. The Labute approximate surface area is 246 Å². The topological polar surface area (TPSA) is 85.3 Å².